The fourth-order valence-corrected chi connectivity index (χ4v) is 2.77. The maximum absolute atomic E-state index is 11.1. The summed E-state index contributed by atoms with van der Waals surface area (Å²) in [5.74, 6) is 1.28. The van der Waals surface area contributed by atoms with Gasteiger partial charge in [-0.05, 0) is 50.2 Å². The quantitative estimate of drug-likeness (QED) is 0.669. The highest BCUT2D eigenvalue weighted by molar-refractivity contribution is 5.88. The third-order valence-electron chi connectivity index (χ3n) is 3.95. The molecule has 27 heavy (non-hydrogen) atoms. The summed E-state index contributed by atoms with van der Waals surface area (Å²) in [5, 5.41) is 6.06. The summed E-state index contributed by atoms with van der Waals surface area (Å²) in [7, 11) is 0. The van der Waals surface area contributed by atoms with Crippen LogP contribution in [0.1, 0.15) is 19.5 Å². The first-order chi connectivity index (χ1) is 13.0. The third kappa shape index (κ3) is 4.82. The number of amides is 1. The van der Waals surface area contributed by atoms with Gasteiger partial charge < -0.3 is 15.5 Å². The Labute approximate surface area is 159 Å². The number of anilines is 5. The van der Waals surface area contributed by atoms with E-state index < -0.39 is 0 Å². The largest absolute Gasteiger partial charge is 0.340 e. The SMILES string of the molecule is CCN(c1ccccc1)c1nc(C)cc(Nc2ccc(NC(C)=O)cc2)n1. The highest BCUT2D eigenvalue weighted by atomic mass is 16.1. The van der Waals surface area contributed by atoms with Gasteiger partial charge >= 0.3 is 0 Å². The van der Waals surface area contributed by atoms with Crippen molar-refractivity contribution in [3.8, 4) is 0 Å². The summed E-state index contributed by atoms with van der Waals surface area (Å²) in [4.78, 5) is 22.5. The van der Waals surface area contributed by atoms with Crippen LogP contribution in [0, 0.1) is 6.92 Å². The van der Waals surface area contributed by atoms with Gasteiger partial charge in [0, 0.05) is 42.3 Å². The lowest BCUT2D eigenvalue weighted by Gasteiger charge is -2.22. The number of hydrogen-bond acceptors (Lipinski definition) is 5. The Morgan fingerprint density at radius 2 is 1.67 bits per heavy atom. The molecule has 3 rings (SSSR count). The van der Waals surface area contributed by atoms with Gasteiger partial charge in [-0.1, -0.05) is 18.2 Å². The molecule has 138 valence electrons. The van der Waals surface area contributed by atoms with Crippen molar-refractivity contribution in [2.75, 3.05) is 22.1 Å². The number of carbonyl (C=O) groups excluding carboxylic acids is 1. The molecule has 2 N–H and O–H groups in total. The second-order valence-corrected chi connectivity index (χ2v) is 6.16. The molecule has 3 aromatic rings. The normalized spacial score (nSPS) is 10.3. The van der Waals surface area contributed by atoms with E-state index in [0.717, 1.165) is 35.1 Å². The molecule has 2 aromatic carbocycles. The molecule has 0 atom stereocenters. The van der Waals surface area contributed by atoms with Crippen LogP contribution in [0.4, 0.5) is 28.8 Å². The predicted molar refractivity (Wildman–Crippen MR) is 110 cm³/mol. The molecular formula is C21H23N5O. The second kappa shape index (κ2) is 8.31. The maximum Gasteiger partial charge on any atom is 0.232 e. The smallest absolute Gasteiger partial charge is 0.232 e. The van der Waals surface area contributed by atoms with Crippen molar-refractivity contribution in [1.29, 1.82) is 0 Å². The highest BCUT2D eigenvalue weighted by Crippen LogP contribution is 2.25. The van der Waals surface area contributed by atoms with Crippen LogP contribution in [0.25, 0.3) is 0 Å². The Kier molecular flexibility index (Phi) is 5.66. The van der Waals surface area contributed by atoms with Crippen LogP contribution in [-0.2, 0) is 4.79 Å². The van der Waals surface area contributed by atoms with Crippen LogP contribution in [0.2, 0.25) is 0 Å². The van der Waals surface area contributed by atoms with Crippen LogP contribution in [0.5, 0.6) is 0 Å². The molecule has 0 bridgehead atoms. The first kappa shape index (κ1) is 18.4. The molecule has 6 nitrogen and oxygen atoms in total. The van der Waals surface area contributed by atoms with Gasteiger partial charge in [0.1, 0.15) is 5.82 Å². The number of hydrogen-bond donors (Lipinski definition) is 2. The monoisotopic (exact) mass is 361 g/mol. The highest BCUT2D eigenvalue weighted by Gasteiger charge is 2.12. The molecule has 0 spiro atoms. The van der Waals surface area contributed by atoms with E-state index in [9.17, 15) is 4.79 Å². The average Bonchev–Trinajstić information content (AvgIpc) is 2.64. The van der Waals surface area contributed by atoms with Crippen molar-refractivity contribution < 1.29 is 4.79 Å². The fourth-order valence-electron chi connectivity index (χ4n) is 2.77. The minimum atomic E-state index is -0.0904. The molecule has 0 aliphatic carbocycles. The van der Waals surface area contributed by atoms with Gasteiger partial charge in [0.05, 0.1) is 0 Å². The van der Waals surface area contributed by atoms with Crippen molar-refractivity contribution in [2.24, 2.45) is 0 Å². The number of carbonyl (C=O) groups is 1. The van der Waals surface area contributed by atoms with Crippen LogP contribution >= 0.6 is 0 Å². The molecule has 1 heterocycles. The topological polar surface area (TPSA) is 70.2 Å². The molecule has 0 saturated carbocycles. The van der Waals surface area contributed by atoms with E-state index in [1.807, 2.05) is 67.6 Å². The van der Waals surface area contributed by atoms with E-state index in [1.54, 1.807) is 0 Å². The molecule has 1 aromatic heterocycles. The summed E-state index contributed by atoms with van der Waals surface area (Å²) in [6.45, 7) is 6.28. The Morgan fingerprint density at radius 1 is 1.00 bits per heavy atom. The number of aromatic nitrogens is 2. The summed E-state index contributed by atoms with van der Waals surface area (Å²) in [6.07, 6.45) is 0. The van der Waals surface area contributed by atoms with E-state index in [-0.39, 0.29) is 5.91 Å². The summed E-state index contributed by atoms with van der Waals surface area (Å²) in [5.41, 5.74) is 3.58. The van der Waals surface area contributed by atoms with Crippen LogP contribution in [0.15, 0.2) is 60.7 Å². The van der Waals surface area contributed by atoms with Crippen LogP contribution in [0.3, 0.4) is 0 Å². The lowest BCUT2D eigenvalue weighted by atomic mass is 10.2. The molecule has 0 aliphatic heterocycles. The van der Waals surface area contributed by atoms with Crippen LogP contribution in [-0.4, -0.2) is 22.4 Å². The Bertz CT molecular complexity index is 910. The Morgan fingerprint density at radius 3 is 2.30 bits per heavy atom. The van der Waals surface area contributed by atoms with Crippen molar-refractivity contribution in [1.82, 2.24) is 9.97 Å². The number of benzene rings is 2. The van der Waals surface area contributed by atoms with Gasteiger partial charge in [-0.25, -0.2) is 4.98 Å². The van der Waals surface area contributed by atoms with Gasteiger partial charge in [0.25, 0.3) is 0 Å². The third-order valence-corrected chi connectivity index (χ3v) is 3.95. The van der Waals surface area contributed by atoms with Crippen LogP contribution < -0.4 is 15.5 Å². The van der Waals surface area contributed by atoms with Gasteiger partial charge in [-0.3, -0.25) is 4.79 Å². The first-order valence-corrected chi connectivity index (χ1v) is 8.88. The van der Waals surface area contributed by atoms with E-state index in [1.165, 1.54) is 6.92 Å². The molecule has 0 saturated heterocycles. The number of aryl methyl sites for hydroxylation is 1. The minimum absolute atomic E-state index is 0.0904. The fraction of sp³-hybridized carbons (Fsp3) is 0.190. The second-order valence-electron chi connectivity index (χ2n) is 6.16. The first-order valence-electron chi connectivity index (χ1n) is 8.88. The van der Waals surface area contributed by atoms with Crippen molar-refractivity contribution in [2.45, 2.75) is 20.8 Å². The molecule has 1 amide bonds. The van der Waals surface area contributed by atoms with Crippen molar-refractivity contribution in [3.63, 3.8) is 0 Å². The average molecular weight is 361 g/mol. The number of para-hydroxylation sites is 1. The van der Waals surface area contributed by atoms with E-state index in [2.05, 4.69) is 32.4 Å². The van der Waals surface area contributed by atoms with E-state index in [0.29, 0.717) is 5.95 Å². The molecule has 0 aliphatic rings. The zero-order chi connectivity index (χ0) is 19.2. The predicted octanol–water partition coefficient (Wildman–Crippen LogP) is 4.65. The van der Waals surface area contributed by atoms with Gasteiger partial charge in [-0.15, -0.1) is 0 Å². The summed E-state index contributed by atoms with van der Waals surface area (Å²) >= 11 is 0. The lowest BCUT2D eigenvalue weighted by Crippen LogP contribution is -2.19. The number of rotatable bonds is 6. The standard InChI is InChI=1S/C21H23N5O/c1-4-26(19-8-6-5-7-9-19)21-22-15(2)14-20(25-21)24-18-12-10-17(11-13-18)23-16(3)27/h5-14H,4H2,1-3H3,(H,23,27)(H,22,24,25). The molecule has 6 heteroatoms. The minimum Gasteiger partial charge on any atom is -0.340 e. The summed E-state index contributed by atoms with van der Waals surface area (Å²) in [6, 6.07) is 19.5. The van der Waals surface area contributed by atoms with Gasteiger partial charge in [0.15, 0.2) is 0 Å². The van der Waals surface area contributed by atoms with E-state index in [4.69, 9.17) is 0 Å². The zero-order valence-corrected chi connectivity index (χ0v) is 15.7. The van der Waals surface area contributed by atoms with Crippen molar-refractivity contribution >= 4 is 34.7 Å². The zero-order valence-electron chi connectivity index (χ0n) is 15.7. The van der Waals surface area contributed by atoms with E-state index >= 15 is 0 Å². The maximum atomic E-state index is 11.1. The molecular weight excluding hydrogens is 338 g/mol. The van der Waals surface area contributed by atoms with Gasteiger partial charge in [-0.2, -0.15) is 4.98 Å². The Hall–Kier alpha value is -3.41. The lowest BCUT2D eigenvalue weighted by molar-refractivity contribution is -0.114. The number of nitrogens with zero attached hydrogens (tertiary/aromatic N) is 3. The molecule has 0 unspecified atom stereocenters. The molecule has 0 radical (unpaired) electrons. The Balaban J connectivity index is 1.84. The van der Waals surface area contributed by atoms with Crippen molar-refractivity contribution in [3.05, 3.63) is 66.4 Å². The number of nitrogens with one attached hydrogen (secondary N) is 2. The van der Waals surface area contributed by atoms with Gasteiger partial charge in [0.2, 0.25) is 11.9 Å². The summed E-state index contributed by atoms with van der Waals surface area (Å²) < 4.78 is 0. The molecule has 0 fully saturated rings.